The van der Waals surface area contributed by atoms with E-state index < -0.39 is 0 Å². The van der Waals surface area contributed by atoms with Crippen LogP contribution in [-0.4, -0.2) is 39.2 Å². The number of amides is 1. The van der Waals surface area contributed by atoms with Crippen LogP contribution in [0.2, 0.25) is 0 Å². The van der Waals surface area contributed by atoms with Crippen LogP contribution in [0.15, 0.2) is 4.79 Å². The molecular weight excluding hydrogens is 196 g/mol. The van der Waals surface area contributed by atoms with Crippen LogP contribution >= 0.6 is 0 Å². The Bertz CT molecular complexity index is 434. The number of nitrogens with one attached hydrogen (secondary N) is 1. The lowest BCUT2D eigenvalue weighted by Crippen LogP contribution is -2.21. The van der Waals surface area contributed by atoms with E-state index in [0.717, 1.165) is 0 Å². The van der Waals surface area contributed by atoms with Crippen LogP contribution in [0.3, 0.4) is 0 Å². The number of aromatic amines is 1. The van der Waals surface area contributed by atoms with Gasteiger partial charge in [-0.25, -0.2) is 9.89 Å². The molecule has 1 aliphatic rings. The predicted octanol–water partition coefficient (Wildman–Crippen LogP) is -0.463. The van der Waals surface area contributed by atoms with Gasteiger partial charge in [0.25, 0.3) is 0 Å². The molecule has 0 aliphatic carbocycles. The Labute approximate surface area is 86.9 Å². The summed E-state index contributed by atoms with van der Waals surface area (Å²) in [5.74, 6) is 0.847. The summed E-state index contributed by atoms with van der Waals surface area (Å²) in [6.07, 6.45) is 0.445. The molecule has 0 spiro atoms. The minimum absolute atomic E-state index is 0.0430. The van der Waals surface area contributed by atoms with E-state index in [9.17, 15) is 9.59 Å². The number of carbonyl (C=O) groups excluding carboxylic acids is 1. The predicted molar refractivity (Wildman–Crippen MR) is 53.5 cm³/mol. The molecule has 0 unspecified atom stereocenters. The normalized spacial score (nSPS) is 21.3. The summed E-state index contributed by atoms with van der Waals surface area (Å²) in [4.78, 5) is 24.4. The molecule has 0 aromatic carbocycles. The Hall–Kier alpha value is -1.59. The van der Waals surface area contributed by atoms with E-state index in [2.05, 4.69) is 10.2 Å². The van der Waals surface area contributed by atoms with Crippen molar-refractivity contribution < 1.29 is 4.79 Å². The Morgan fingerprint density at radius 3 is 2.80 bits per heavy atom. The smallest absolute Gasteiger partial charge is 0.343 e. The van der Waals surface area contributed by atoms with Crippen LogP contribution < -0.4 is 5.69 Å². The summed E-state index contributed by atoms with van der Waals surface area (Å²) in [5.41, 5.74) is -0.200. The summed E-state index contributed by atoms with van der Waals surface area (Å²) in [6, 6.07) is 0. The third-order valence-corrected chi connectivity index (χ3v) is 2.81. The number of aromatic nitrogens is 3. The van der Waals surface area contributed by atoms with Gasteiger partial charge in [0.05, 0.1) is 0 Å². The highest BCUT2D eigenvalue weighted by molar-refractivity contribution is 5.79. The number of H-pyrrole nitrogens is 1. The van der Waals surface area contributed by atoms with Gasteiger partial charge in [-0.3, -0.25) is 9.36 Å². The number of hydrogen-bond acceptors (Lipinski definition) is 3. The molecule has 15 heavy (non-hydrogen) atoms. The summed E-state index contributed by atoms with van der Waals surface area (Å²) in [7, 11) is 1.77. The van der Waals surface area contributed by atoms with Crippen molar-refractivity contribution in [2.24, 2.45) is 0 Å². The second-order valence-electron chi connectivity index (χ2n) is 3.81. The average Bonchev–Trinajstić information content (AvgIpc) is 2.71. The van der Waals surface area contributed by atoms with Crippen molar-refractivity contribution in [3.63, 3.8) is 0 Å². The molecule has 0 bridgehead atoms. The molecular formula is C9H14N4O2. The standard InChI is InChI=1S/C9H14N4O2/c1-3-13-8(10-11-9(13)15)6-4-7(14)12(2)5-6/h6H,3-5H2,1-2H3,(H,11,15)/t6-/m0/s1. The summed E-state index contributed by atoms with van der Waals surface area (Å²) >= 11 is 0. The molecule has 2 heterocycles. The lowest BCUT2D eigenvalue weighted by atomic mass is 10.1. The van der Waals surface area contributed by atoms with Crippen LogP contribution in [0.5, 0.6) is 0 Å². The highest BCUT2D eigenvalue weighted by Crippen LogP contribution is 2.24. The zero-order valence-electron chi connectivity index (χ0n) is 8.86. The minimum Gasteiger partial charge on any atom is -0.345 e. The van der Waals surface area contributed by atoms with Crippen LogP contribution in [-0.2, 0) is 11.3 Å². The van der Waals surface area contributed by atoms with E-state index in [0.29, 0.717) is 25.3 Å². The molecule has 2 rings (SSSR count). The van der Waals surface area contributed by atoms with Crippen LogP contribution in [0.25, 0.3) is 0 Å². The van der Waals surface area contributed by atoms with Crippen molar-refractivity contribution in [2.45, 2.75) is 25.8 Å². The van der Waals surface area contributed by atoms with Gasteiger partial charge >= 0.3 is 5.69 Å². The number of likely N-dealkylation sites (N-methyl/N-ethyl adjacent to an activating group) is 1. The second kappa shape index (κ2) is 3.52. The fraction of sp³-hybridized carbons (Fsp3) is 0.667. The molecule has 6 nitrogen and oxygen atoms in total. The molecule has 1 aromatic rings. The van der Waals surface area contributed by atoms with E-state index in [1.807, 2.05) is 6.92 Å². The average molecular weight is 210 g/mol. The highest BCUT2D eigenvalue weighted by Gasteiger charge is 2.31. The molecule has 1 N–H and O–H groups in total. The van der Waals surface area contributed by atoms with E-state index in [4.69, 9.17) is 0 Å². The maximum Gasteiger partial charge on any atom is 0.343 e. The first-order chi connectivity index (χ1) is 7.13. The van der Waals surface area contributed by atoms with Gasteiger partial charge in [0, 0.05) is 32.5 Å². The fourth-order valence-electron chi connectivity index (χ4n) is 1.98. The van der Waals surface area contributed by atoms with Crippen molar-refractivity contribution in [1.29, 1.82) is 0 Å². The van der Waals surface area contributed by atoms with Crippen molar-refractivity contribution >= 4 is 5.91 Å². The fourth-order valence-corrected chi connectivity index (χ4v) is 1.98. The van der Waals surface area contributed by atoms with Gasteiger partial charge in [-0.05, 0) is 6.92 Å². The summed E-state index contributed by atoms with van der Waals surface area (Å²) in [5, 5.41) is 6.41. The summed E-state index contributed by atoms with van der Waals surface area (Å²) in [6.45, 7) is 3.11. The Morgan fingerprint density at radius 1 is 1.53 bits per heavy atom. The quantitative estimate of drug-likeness (QED) is 0.717. The Morgan fingerprint density at radius 2 is 2.27 bits per heavy atom. The molecule has 0 radical (unpaired) electrons. The van der Waals surface area contributed by atoms with Gasteiger partial charge in [-0.1, -0.05) is 0 Å². The minimum atomic E-state index is -0.200. The molecule has 1 amide bonds. The topological polar surface area (TPSA) is 71.0 Å². The monoisotopic (exact) mass is 210 g/mol. The molecule has 6 heteroatoms. The molecule has 82 valence electrons. The number of rotatable bonds is 2. The second-order valence-corrected chi connectivity index (χ2v) is 3.81. The number of likely N-dealkylation sites (tertiary alicyclic amines) is 1. The first-order valence-electron chi connectivity index (χ1n) is 5.02. The van der Waals surface area contributed by atoms with Crippen molar-refractivity contribution in [1.82, 2.24) is 19.7 Å². The molecule has 1 aliphatic heterocycles. The lowest BCUT2D eigenvalue weighted by Gasteiger charge is -2.09. The third-order valence-electron chi connectivity index (χ3n) is 2.81. The number of carbonyl (C=O) groups is 1. The third kappa shape index (κ3) is 1.55. The van der Waals surface area contributed by atoms with Crippen LogP contribution in [0, 0.1) is 0 Å². The van der Waals surface area contributed by atoms with E-state index in [1.54, 1.807) is 16.5 Å². The maximum atomic E-state index is 11.4. The largest absolute Gasteiger partial charge is 0.345 e. The van der Waals surface area contributed by atoms with Gasteiger partial charge in [-0.2, -0.15) is 5.10 Å². The van der Waals surface area contributed by atoms with E-state index in [1.165, 1.54) is 0 Å². The zero-order chi connectivity index (χ0) is 11.0. The maximum absolute atomic E-state index is 11.4. The molecule has 1 fully saturated rings. The molecule has 1 atom stereocenters. The van der Waals surface area contributed by atoms with Crippen LogP contribution in [0.1, 0.15) is 25.1 Å². The number of nitrogens with zero attached hydrogens (tertiary/aromatic N) is 3. The molecule has 1 saturated heterocycles. The zero-order valence-corrected chi connectivity index (χ0v) is 8.86. The SMILES string of the molecule is CCn1c([C@H]2CC(=O)N(C)C2)n[nH]c1=O. The van der Waals surface area contributed by atoms with E-state index in [-0.39, 0.29) is 17.5 Å². The first-order valence-corrected chi connectivity index (χ1v) is 5.02. The van der Waals surface area contributed by atoms with Gasteiger partial charge in [0.15, 0.2) is 0 Å². The lowest BCUT2D eigenvalue weighted by molar-refractivity contribution is -0.126. The molecule has 0 saturated carbocycles. The highest BCUT2D eigenvalue weighted by atomic mass is 16.2. The Balaban J connectivity index is 2.31. The van der Waals surface area contributed by atoms with Crippen molar-refractivity contribution in [3.05, 3.63) is 16.3 Å². The first kappa shape index (κ1) is 9.95. The van der Waals surface area contributed by atoms with Gasteiger partial charge in [0.2, 0.25) is 5.91 Å². The van der Waals surface area contributed by atoms with E-state index >= 15 is 0 Å². The van der Waals surface area contributed by atoms with Gasteiger partial charge < -0.3 is 4.90 Å². The number of hydrogen-bond donors (Lipinski definition) is 1. The van der Waals surface area contributed by atoms with Crippen molar-refractivity contribution in [3.8, 4) is 0 Å². The molecule has 1 aromatic heterocycles. The Kier molecular flexibility index (Phi) is 2.34. The van der Waals surface area contributed by atoms with Crippen molar-refractivity contribution in [2.75, 3.05) is 13.6 Å². The van der Waals surface area contributed by atoms with Gasteiger partial charge in [0.1, 0.15) is 5.82 Å². The van der Waals surface area contributed by atoms with Crippen LogP contribution in [0.4, 0.5) is 0 Å². The van der Waals surface area contributed by atoms with Gasteiger partial charge in [-0.15, -0.1) is 0 Å². The summed E-state index contributed by atoms with van der Waals surface area (Å²) < 4.78 is 1.58.